The zero-order valence-corrected chi connectivity index (χ0v) is 15.2. The Morgan fingerprint density at radius 2 is 1.81 bits per heavy atom. The van der Waals surface area contributed by atoms with Crippen molar-refractivity contribution in [3.63, 3.8) is 0 Å². The molecule has 0 bridgehead atoms. The first-order valence-corrected chi connectivity index (χ1v) is 8.54. The molecular formula is C20H21NO6. The average molecular weight is 371 g/mol. The molecule has 0 atom stereocenters. The van der Waals surface area contributed by atoms with Gasteiger partial charge in [0, 0.05) is 18.2 Å². The van der Waals surface area contributed by atoms with Gasteiger partial charge in [0.05, 0.1) is 26.2 Å². The molecule has 0 amide bonds. The zero-order valence-electron chi connectivity index (χ0n) is 15.2. The summed E-state index contributed by atoms with van der Waals surface area (Å²) < 4.78 is 12.0. The number of fused-ring (bicyclic) bond motifs is 1. The molecule has 1 heterocycles. The van der Waals surface area contributed by atoms with E-state index in [9.17, 15) is 19.8 Å². The Morgan fingerprint density at radius 3 is 2.37 bits per heavy atom. The number of carboxylic acids is 1. The van der Waals surface area contributed by atoms with Gasteiger partial charge in [-0.3, -0.25) is 4.79 Å². The predicted molar refractivity (Wildman–Crippen MR) is 98.0 cm³/mol. The molecule has 0 spiro atoms. The van der Waals surface area contributed by atoms with E-state index >= 15 is 0 Å². The van der Waals surface area contributed by atoms with Crippen molar-refractivity contribution < 1.29 is 29.3 Å². The van der Waals surface area contributed by atoms with Crippen LogP contribution in [0, 0.1) is 0 Å². The van der Waals surface area contributed by atoms with E-state index in [0.29, 0.717) is 42.0 Å². The lowest BCUT2D eigenvalue weighted by Crippen LogP contribution is -2.17. The molecule has 7 heteroatoms. The summed E-state index contributed by atoms with van der Waals surface area (Å²) in [6.45, 7) is 0.162. The highest BCUT2D eigenvalue weighted by Crippen LogP contribution is 2.30. The van der Waals surface area contributed by atoms with Crippen LogP contribution in [0.2, 0.25) is 0 Å². The fourth-order valence-corrected chi connectivity index (χ4v) is 3.40. The maximum atomic E-state index is 12.9. The number of carbonyl (C=O) groups excluding carboxylic acids is 1. The van der Waals surface area contributed by atoms with Gasteiger partial charge < -0.3 is 24.3 Å². The summed E-state index contributed by atoms with van der Waals surface area (Å²) in [6.07, 6.45) is 2.53. The summed E-state index contributed by atoms with van der Waals surface area (Å²) in [5.41, 5.74) is 2.05. The highest BCUT2D eigenvalue weighted by Gasteiger charge is 2.28. The third kappa shape index (κ3) is 3.53. The van der Waals surface area contributed by atoms with Crippen molar-refractivity contribution in [3.8, 4) is 11.5 Å². The first-order chi connectivity index (χ1) is 13.0. The summed E-state index contributed by atoms with van der Waals surface area (Å²) in [5.74, 6) is -0.309. The van der Waals surface area contributed by atoms with Crippen molar-refractivity contribution in [1.82, 2.24) is 4.57 Å². The Balaban J connectivity index is 2.14. The van der Waals surface area contributed by atoms with Crippen LogP contribution in [0.25, 0.3) is 0 Å². The lowest BCUT2D eigenvalue weighted by Gasteiger charge is -2.14. The normalized spacial score (nSPS) is 15.3. The lowest BCUT2D eigenvalue weighted by molar-refractivity contribution is 0.0685. The monoisotopic (exact) mass is 371 g/mol. The number of ether oxygens (including phenoxy) is 2. The quantitative estimate of drug-likeness (QED) is 0.476. The Labute approximate surface area is 156 Å². The van der Waals surface area contributed by atoms with Gasteiger partial charge in [0.1, 0.15) is 17.2 Å². The van der Waals surface area contributed by atoms with Gasteiger partial charge in [0.25, 0.3) is 0 Å². The number of aliphatic hydroxyl groups excluding tert-OH is 1. The summed E-state index contributed by atoms with van der Waals surface area (Å²) in [5, 5.41) is 19.0. The molecule has 1 aliphatic carbocycles. The number of hydrogen-bond acceptors (Lipinski definition) is 5. The van der Waals surface area contributed by atoms with E-state index in [0.717, 1.165) is 11.8 Å². The molecule has 1 aliphatic rings. The third-order valence-corrected chi connectivity index (χ3v) is 4.70. The van der Waals surface area contributed by atoms with Crippen LogP contribution in [-0.2, 0) is 13.0 Å². The number of aryl methyl sites for hydroxylation is 1. The maximum Gasteiger partial charge on any atom is 0.352 e. The summed E-state index contributed by atoms with van der Waals surface area (Å²) in [6, 6.07) is 6.80. The fraction of sp³-hybridized carbons (Fsp3) is 0.300. The van der Waals surface area contributed by atoms with Gasteiger partial charge in [0.15, 0.2) is 0 Å². The van der Waals surface area contributed by atoms with E-state index in [1.54, 1.807) is 24.3 Å². The number of aliphatic hydroxyl groups is 1. The second-order valence-electron chi connectivity index (χ2n) is 6.35. The smallest absolute Gasteiger partial charge is 0.352 e. The number of Topliss-reactive ketones (excluding diaryl/α,β-unsaturated/α-hetero) is 1. The minimum atomic E-state index is -1.11. The topological polar surface area (TPSA) is 98.0 Å². The number of carbonyl (C=O) groups is 2. The number of benzene rings is 1. The molecule has 142 valence electrons. The molecule has 27 heavy (non-hydrogen) atoms. The van der Waals surface area contributed by atoms with Crippen LogP contribution in [-0.4, -0.2) is 40.8 Å². The van der Waals surface area contributed by atoms with Gasteiger partial charge >= 0.3 is 5.97 Å². The molecule has 0 fully saturated rings. The number of aromatic nitrogens is 1. The van der Waals surface area contributed by atoms with Gasteiger partial charge in [-0.1, -0.05) is 0 Å². The minimum absolute atomic E-state index is 0.0364. The number of carboxylic acid groups (broad SMARTS) is 1. The second-order valence-corrected chi connectivity index (χ2v) is 6.35. The highest BCUT2D eigenvalue weighted by atomic mass is 16.5. The number of methoxy groups -OCH3 is 2. The molecule has 2 N–H and O–H groups in total. The number of rotatable bonds is 5. The van der Waals surface area contributed by atoms with E-state index in [2.05, 4.69) is 0 Å². The van der Waals surface area contributed by atoms with Crippen LogP contribution in [0.4, 0.5) is 0 Å². The lowest BCUT2D eigenvalue weighted by atomic mass is 10.1. The molecule has 0 saturated carbocycles. The maximum absolute atomic E-state index is 12.9. The second kappa shape index (κ2) is 7.57. The molecule has 2 aromatic rings. The summed E-state index contributed by atoms with van der Waals surface area (Å²) in [7, 11) is 3.07. The van der Waals surface area contributed by atoms with Crippen molar-refractivity contribution >= 4 is 11.8 Å². The summed E-state index contributed by atoms with van der Waals surface area (Å²) in [4.78, 5) is 24.6. The first-order valence-electron chi connectivity index (χ1n) is 8.54. The van der Waals surface area contributed by atoms with Gasteiger partial charge in [-0.2, -0.15) is 0 Å². The van der Waals surface area contributed by atoms with E-state index < -0.39 is 5.97 Å². The van der Waals surface area contributed by atoms with Crippen molar-refractivity contribution in [1.29, 1.82) is 0 Å². The van der Waals surface area contributed by atoms with Crippen molar-refractivity contribution in [2.75, 3.05) is 14.2 Å². The van der Waals surface area contributed by atoms with Gasteiger partial charge in [-0.15, -0.1) is 0 Å². The fourth-order valence-electron chi connectivity index (χ4n) is 3.40. The number of ketones is 1. The number of nitrogens with zero attached hydrogens (tertiary/aromatic N) is 1. The molecule has 0 unspecified atom stereocenters. The van der Waals surface area contributed by atoms with Gasteiger partial charge in [-0.05, 0) is 48.6 Å². The van der Waals surface area contributed by atoms with Crippen LogP contribution in [0.15, 0.2) is 36.1 Å². The molecule has 0 radical (unpaired) electrons. The Hall–Kier alpha value is -3.22. The van der Waals surface area contributed by atoms with Crippen LogP contribution in [0.5, 0.6) is 11.5 Å². The molecular weight excluding hydrogens is 350 g/mol. The standard InChI is InChI=1S/C20H21NO6/c1-26-15-6-12(7-16(9-15)27-2)10-21-17(20(24)25)8-13-4-3-5-14(11-22)19(23)18(13)21/h6-9,11,22H,3-5,10H2,1-2H3,(H,24,25). The Morgan fingerprint density at radius 1 is 1.15 bits per heavy atom. The van der Waals surface area contributed by atoms with E-state index in [-0.39, 0.29) is 23.6 Å². The Bertz CT molecular complexity index is 903. The van der Waals surface area contributed by atoms with E-state index in [4.69, 9.17) is 9.47 Å². The zero-order chi connectivity index (χ0) is 19.6. The molecule has 1 aromatic heterocycles. The molecule has 1 aromatic carbocycles. The van der Waals surface area contributed by atoms with Crippen LogP contribution in [0.1, 0.15) is 44.9 Å². The average Bonchev–Trinajstić information content (AvgIpc) is 2.94. The van der Waals surface area contributed by atoms with Gasteiger partial charge in [0.2, 0.25) is 5.78 Å². The van der Waals surface area contributed by atoms with Crippen LogP contribution >= 0.6 is 0 Å². The number of aromatic carboxylic acids is 1. The van der Waals surface area contributed by atoms with E-state index in [1.807, 2.05) is 0 Å². The van der Waals surface area contributed by atoms with Crippen molar-refractivity contribution in [3.05, 3.63) is 58.6 Å². The van der Waals surface area contributed by atoms with Crippen molar-refractivity contribution in [2.24, 2.45) is 0 Å². The first kappa shape index (κ1) is 18.6. The van der Waals surface area contributed by atoms with E-state index in [1.165, 1.54) is 18.8 Å². The van der Waals surface area contributed by atoms with Crippen LogP contribution < -0.4 is 9.47 Å². The minimum Gasteiger partial charge on any atom is -0.515 e. The predicted octanol–water partition coefficient (Wildman–Crippen LogP) is 3.21. The largest absolute Gasteiger partial charge is 0.515 e. The molecule has 0 saturated heterocycles. The molecule has 3 rings (SSSR count). The number of allylic oxidation sites excluding steroid dienone is 1. The van der Waals surface area contributed by atoms with Crippen LogP contribution in [0.3, 0.4) is 0 Å². The SMILES string of the molecule is COc1cc(Cn2c(C(=O)O)cc3c2C(=O)C(=CO)CCC3)cc(OC)c1. The summed E-state index contributed by atoms with van der Waals surface area (Å²) >= 11 is 0. The van der Waals surface area contributed by atoms with Crippen molar-refractivity contribution in [2.45, 2.75) is 25.8 Å². The highest BCUT2D eigenvalue weighted by molar-refractivity contribution is 6.09. The molecule has 7 nitrogen and oxygen atoms in total. The third-order valence-electron chi connectivity index (χ3n) is 4.70. The number of hydrogen-bond donors (Lipinski definition) is 2. The Kier molecular flexibility index (Phi) is 5.21. The van der Waals surface area contributed by atoms with Gasteiger partial charge in [-0.25, -0.2) is 4.79 Å². The molecule has 0 aliphatic heterocycles.